The van der Waals surface area contributed by atoms with Gasteiger partial charge in [-0.25, -0.2) is 9.97 Å². The van der Waals surface area contributed by atoms with Crippen molar-refractivity contribution in [2.24, 2.45) is 0 Å². The molecule has 0 fully saturated rings. The zero-order chi connectivity index (χ0) is 19.2. The number of nitrogens with zero attached hydrogens (tertiary/aromatic N) is 3. The number of benzene rings is 1. The molecule has 136 valence electrons. The molecule has 0 saturated carbocycles. The van der Waals surface area contributed by atoms with Crippen molar-refractivity contribution < 1.29 is 19.4 Å². The summed E-state index contributed by atoms with van der Waals surface area (Å²) in [6, 6.07) is 5.97. The van der Waals surface area contributed by atoms with Gasteiger partial charge in [0.1, 0.15) is 6.61 Å². The van der Waals surface area contributed by atoms with Gasteiger partial charge in [0.15, 0.2) is 17.8 Å². The summed E-state index contributed by atoms with van der Waals surface area (Å²) in [5.41, 5.74) is 1.41. The normalized spacial score (nSPS) is 10.3. The number of rotatable bonds is 6. The van der Waals surface area contributed by atoms with Crippen molar-refractivity contribution in [1.82, 2.24) is 15.0 Å². The molecular formula is C18H13BrN4O4. The van der Waals surface area contributed by atoms with Gasteiger partial charge >= 0.3 is 0 Å². The van der Waals surface area contributed by atoms with Gasteiger partial charge < -0.3 is 9.84 Å². The third-order valence-electron chi connectivity index (χ3n) is 3.47. The lowest BCUT2D eigenvalue weighted by atomic mass is 10.2. The molecule has 27 heavy (non-hydrogen) atoms. The Hall–Kier alpha value is -3.33. The number of ether oxygens (including phenoxy) is 1. The Labute approximate surface area is 162 Å². The molecule has 0 spiro atoms. The van der Waals surface area contributed by atoms with Gasteiger partial charge in [-0.15, -0.1) is 0 Å². The molecule has 2 aromatic heterocycles. The molecule has 0 saturated heterocycles. The van der Waals surface area contributed by atoms with Gasteiger partial charge in [-0.1, -0.05) is 0 Å². The number of anilines is 1. The molecule has 3 aromatic rings. The highest BCUT2D eigenvalue weighted by Crippen LogP contribution is 2.32. The van der Waals surface area contributed by atoms with E-state index in [4.69, 9.17) is 4.74 Å². The third-order valence-corrected chi connectivity index (χ3v) is 4.16. The van der Waals surface area contributed by atoms with Gasteiger partial charge in [-0.3, -0.25) is 19.9 Å². The highest BCUT2D eigenvalue weighted by atomic mass is 79.9. The first-order chi connectivity index (χ1) is 13.1. The highest BCUT2D eigenvalue weighted by Gasteiger charge is 2.10. The number of amides is 1. The van der Waals surface area contributed by atoms with Gasteiger partial charge in [0.2, 0.25) is 5.95 Å². The second-order valence-electron chi connectivity index (χ2n) is 5.35. The number of aromatic hydroxyl groups is 1. The molecule has 9 heteroatoms. The Balaban J connectivity index is 1.63. The highest BCUT2D eigenvalue weighted by molar-refractivity contribution is 9.10. The fraction of sp³-hybridized carbons (Fsp3) is 0.0556. The molecule has 0 unspecified atom stereocenters. The summed E-state index contributed by atoms with van der Waals surface area (Å²) < 4.78 is 5.98. The van der Waals surface area contributed by atoms with Gasteiger partial charge in [-0.2, -0.15) is 0 Å². The largest absolute Gasteiger partial charge is 0.504 e. The second-order valence-corrected chi connectivity index (χ2v) is 6.21. The molecular weight excluding hydrogens is 416 g/mol. The number of phenolic OH excluding ortho intramolecular Hbond substituents is 1. The van der Waals surface area contributed by atoms with E-state index < -0.39 is 0 Å². The van der Waals surface area contributed by atoms with E-state index >= 15 is 0 Å². The minimum Gasteiger partial charge on any atom is -0.504 e. The average molecular weight is 429 g/mol. The van der Waals surface area contributed by atoms with Gasteiger partial charge in [0, 0.05) is 46.0 Å². The Bertz CT molecular complexity index is 965. The quantitative estimate of drug-likeness (QED) is 0.579. The van der Waals surface area contributed by atoms with Crippen LogP contribution in [-0.2, 0) is 6.61 Å². The molecule has 0 atom stereocenters. The molecule has 0 aliphatic rings. The van der Waals surface area contributed by atoms with Crippen molar-refractivity contribution in [3.05, 3.63) is 70.2 Å². The first kappa shape index (κ1) is 18.5. The second kappa shape index (κ2) is 8.37. The monoisotopic (exact) mass is 428 g/mol. The lowest BCUT2D eigenvalue weighted by Crippen LogP contribution is -2.14. The van der Waals surface area contributed by atoms with Crippen LogP contribution in [0.4, 0.5) is 5.95 Å². The number of aromatic nitrogens is 3. The fourth-order valence-electron chi connectivity index (χ4n) is 2.10. The van der Waals surface area contributed by atoms with Crippen molar-refractivity contribution in [3.8, 4) is 11.5 Å². The summed E-state index contributed by atoms with van der Waals surface area (Å²) in [6.07, 6.45) is 6.67. The number of aldehydes is 1. The van der Waals surface area contributed by atoms with Crippen molar-refractivity contribution in [2.75, 3.05) is 5.32 Å². The number of phenols is 1. The van der Waals surface area contributed by atoms with E-state index in [2.05, 4.69) is 36.2 Å². The van der Waals surface area contributed by atoms with E-state index in [-0.39, 0.29) is 30.0 Å². The van der Waals surface area contributed by atoms with Gasteiger partial charge in [-0.05, 0) is 40.2 Å². The SMILES string of the molecule is O=Cc1cc(OCc2cnc(NC(=O)c3ccncc3)nc2)c(O)cc1Br. The van der Waals surface area contributed by atoms with Gasteiger partial charge in [0.05, 0.1) is 0 Å². The molecule has 0 radical (unpaired) electrons. The summed E-state index contributed by atoms with van der Waals surface area (Å²) >= 11 is 3.18. The van der Waals surface area contributed by atoms with E-state index in [1.807, 2.05) is 0 Å². The molecule has 3 rings (SSSR count). The van der Waals surface area contributed by atoms with E-state index in [1.54, 1.807) is 12.1 Å². The Morgan fingerprint density at radius 2 is 1.93 bits per heavy atom. The standard InChI is InChI=1S/C18H13BrN4O4/c19-14-6-15(25)16(5-13(14)9-24)27-10-11-7-21-18(22-8-11)23-17(26)12-1-3-20-4-2-12/h1-9,25H,10H2,(H,21,22,23,26). The van der Waals surface area contributed by atoms with E-state index in [1.165, 1.54) is 36.9 Å². The van der Waals surface area contributed by atoms with E-state index in [9.17, 15) is 14.7 Å². The molecule has 1 amide bonds. The van der Waals surface area contributed by atoms with Crippen LogP contribution in [0.3, 0.4) is 0 Å². The predicted octanol–water partition coefficient (Wildman–Crippen LogP) is 2.98. The van der Waals surface area contributed by atoms with Crippen LogP contribution in [0.1, 0.15) is 26.3 Å². The number of pyridine rings is 1. The maximum atomic E-state index is 12.0. The lowest BCUT2D eigenvalue weighted by molar-refractivity contribution is 0.102. The van der Waals surface area contributed by atoms with Crippen molar-refractivity contribution >= 4 is 34.1 Å². The van der Waals surface area contributed by atoms with Crippen LogP contribution in [0.15, 0.2) is 53.5 Å². The molecule has 8 nitrogen and oxygen atoms in total. The number of carbonyl (C=O) groups is 2. The first-order valence-electron chi connectivity index (χ1n) is 7.69. The molecule has 0 bridgehead atoms. The summed E-state index contributed by atoms with van der Waals surface area (Å²) in [7, 11) is 0. The molecule has 2 heterocycles. The number of hydrogen-bond donors (Lipinski definition) is 2. The van der Waals surface area contributed by atoms with Crippen LogP contribution in [-0.4, -0.2) is 32.3 Å². The van der Waals surface area contributed by atoms with Crippen molar-refractivity contribution in [2.45, 2.75) is 6.61 Å². The smallest absolute Gasteiger partial charge is 0.258 e. The first-order valence-corrected chi connectivity index (χ1v) is 8.49. The number of hydrogen-bond acceptors (Lipinski definition) is 7. The maximum Gasteiger partial charge on any atom is 0.258 e. The van der Waals surface area contributed by atoms with Gasteiger partial charge in [0.25, 0.3) is 5.91 Å². The molecule has 0 aliphatic heterocycles. The van der Waals surface area contributed by atoms with Crippen molar-refractivity contribution in [1.29, 1.82) is 0 Å². The predicted molar refractivity (Wildman–Crippen MR) is 99.7 cm³/mol. The zero-order valence-electron chi connectivity index (χ0n) is 13.8. The lowest BCUT2D eigenvalue weighted by Gasteiger charge is -2.10. The topological polar surface area (TPSA) is 114 Å². The van der Waals surface area contributed by atoms with Crippen LogP contribution in [0.25, 0.3) is 0 Å². The van der Waals surface area contributed by atoms with Crippen LogP contribution >= 0.6 is 15.9 Å². The number of carbonyl (C=O) groups excluding carboxylic acids is 2. The fourth-order valence-corrected chi connectivity index (χ4v) is 2.52. The number of nitrogens with one attached hydrogen (secondary N) is 1. The van der Waals surface area contributed by atoms with E-state index in [0.29, 0.717) is 27.4 Å². The Morgan fingerprint density at radius 1 is 1.22 bits per heavy atom. The average Bonchev–Trinajstić information content (AvgIpc) is 2.69. The maximum absolute atomic E-state index is 12.0. The molecule has 0 aliphatic carbocycles. The number of halogens is 1. The summed E-state index contributed by atoms with van der Waals surface area (Å²) in [4.78, 5) is 35.0. The summed E-state index contributed by atoms with van der Waals surface area (Å²) in [6.45, 7) is 0.0755. The minimum atomic E-state index is -0.345. The Kier molecular flexibility index (Phi) is 5.72. The van der Waals surface area contributed by atoms with Crippen molar-refractivity contribution in [3.63, 3.8) is 0 Å². The van der Waals surface area contributed by atoms with Crippen LogP contribution in [0.5, 0.6) is 11.5 Å². The summed E-state index contributed by atoms with van der Waals surface area (Å²) in [5, 5.41) is 12.5. The molecule has 1 aromatic carbocycles. The van der Waals surface area contributed by atoms with Crippen LogP contribution in [0.2, 0.25) is 0 Å². The zero-order valence-corrected chi connectivity index (χ0v) is 15.4. The molecule has 2 N–H and O–H groups in total. The van der Waals surface area contributed by atoms with E-state index in [0.717, 1.165) is 0 Å². The van der Waals surface area contributed by atoms with Crippen LogP contribution < -0.4 is 10.1 Å². The minimum absolute atomic E-state index is 0.0755. The van der Waals surface area contributed by atoms with Crippen LogP contribution in [0, 0.1) is 0 Å². The third kappa shape index (κ3) is 4.64. The summed E-state index contributed by atoms with van der Waals surface area (Å²) in [5.74, 6) is -0.136. The Morgan fingerprint density at radius 3 is 2.59 bits per heavy atom.